The first kappa shape index (κ1) is 11.8. The first-order valence-corrected chi connectivity index (χ1v) is 6.91. The molecule has 1 fully saturated rings. The Morgan fingerprint density at radius 2 is 2.06 bits per heavy atom. The highest BCUT2D eigenvalue weighted by atomic mass is 14.8. The van der Waals surface area contributed by atoms with Gasteiger partial charge in [-0.15, -0.1) is 0 Å². The Labute approximate surface area is 109 Å². The Hall–Kier alpha value is -1.28. The molecule has 0 saturated heterocycles. The second-order valence-corrected chi connectivity index (χ2v) is 6.03. The number of hydrogen-bond donors (Lipinski definition) is 2. The number of hydrogen-bond acceptors (Lipinski definition) is 1. The number of aromatic nitrogens is 1. The van der Waals surface area contributed by atoms with Gasteiger partial charge in [0.25, 0.3) is 0 Å². The maximum Gasteiger partial charge on any atom is 0.0494 e. The van der Waals surface area contributed by atoms with Crippen LogP contribution in [0, 0.1) is 6.92 Å². The van der Waals surface area contributed by atoms with Crippen LogP contribution in [0.25, 0.3) is 10.9 Å². The van der Waals surface area contributed by atoms with Crippen LogP contribution in [-0.4, -0.2) is 11.5 Å². The van der Waals surface area contributed by atoms with Gasteiger partial charge in [-0.25, -0.2) is 0 Å². The van der Waals surface area contributed by atoms with Gasteiger partial charge in [0.05, 0.1) is 0 Å². The fourth-order valence-electron chi connectivity index (χ4n) is 3.24. The summed E-state index contributed by atoms with van der Waals surface area (Å²) >= 11 is 0. The molecule has 1 aromatic carbocycles. The van der Waals surface area contributed by atoms with E-state index < -0.39 is 0 Å². The predicted molar refractivity (Wildman–Crippen MR) is 77.1 cm³/mol. The van der Waals surface area contributed by atoms with E-state index >= 15 is 0 Å². The molecule has 18 heavy (non-hydrogen) atoms. The van der Waals surface area contributed by atoms with Gasteiger partial charge >= 0.3 is 0 Å². The first-order valence-electron chi connectivity index (χ1n) is 6.91. The van der Waals surface area contributed by atoms with Crippen molar-refractivity contribution in [2.45, 2.75) is 44.9 Å². The number of rotatable bonds is 3. The molecule has 0 unspecified atom stereocenters. The van der Waals surface area contributed by atoms with Gasteiger partial charge in [0, 0.05) is 28.6 Å². The summed E-state index contributed by atoms with van der Waals surface area (Å²) in [7, 11) is 0. The third kappa shape index (κ3) is 1.52. The van der Waals surface area contributed by atoms with Crippen molar-refractivity contribution in [1.29, 1.82) is 0 Å². The van der Waals surface area contributed by atoms with E-state index in [-0.39, 0.29) is 5.41 Å². The third-order valence-electron chi connectivity index (χ3n) is 4.45. The molecule has 3 rings (SSSR count). The molecule has 96 valence electrons. The van der Waals surface area contributed by atoms with Gasteiger partial charge < -0.3 is 10.7 Å². The lowest BCUT2D eigenvalue weighted by molar-refractivity contribution is 0.705. The van der Waals surface area contributed by atoms with E-state index in [1.54, 1.807) is 0 Å². The molecule has 0 radical (unpaired) electrons. The molecule has 1 aliphatic rings. The monoisotopic (exact) mass is 242 g/mol. The Balaban J connectivity index is 2.28. The van der Waals surface area contributed by atoms with Gasteiger partial charge in [0.1, 0.15) is 0 Å². The van der Waals surface area contributed by atoms with Crippen molar-refractivity contribution in [3.63, 3.8) is 0 Å². The molecule has 0 spiro atoms. The summed E-state index contributed by atoms with van der Waals surface area (Å²) in [5, 5.41) is 1.39. The van der Waals surface area contributed by atoms with E-state index in [9.17, 15) is 0 Å². The summed E-state index contributed by atoms with van der Waals surface area (Å²) in [6, 6.07) is 6.66. The highest BCUT2D eigenvalue weighted by Gasteiger charge is 2.45. The zero-order valence-corrected chi connectivity index (χ0v) is 11.5. The van der Waals surface area contributed by atoms with Crippen LogP contribution >= 0.6 is 0 Å². The van der Waals surface area contributed by atoms with E-state index in [0.29, 0.717) is 5.92 Å². The summed E-state index contributed by atoms with van der Waals surface area (Å²) in [6.45, 7) is 7.46. The summed E-state index contributed by atoms with van der Waals surface area (Å²) in [5.74, 6) is 0.549. The normalized spacial score (nSPS) is 17.6. The maximum atomic E-state index is 6.00. The highest BCUT2D eigenvalue weighted by molar-refractivity contribution is 5.89. The Morgan fingerprint density at radius 3 is 2.61 bits per heavy atom. The summed E-state index contributed by atoms with van der Waals surface area (Å²) in [5.41, 5.74) is 11.8. The molecule has 0 atom stereocenters. The highest BCUT2D eigenvalue weighted by Crippen LogP contribution is 2.51. The maximum absolute atomic E-state index is 6.00. The van der Waals surface area contributed by atoms with Crippen molar-refractivity contribution in [2.75, 3.05) is 6.54 Å². The van der Waals surface area contributed by atoms with Gasteiger partial charge in [-0.1, -0.05) is 32.0 Å². The fourth-order valence-corrected chi connectivity index (χ4v) is 3.24. The standard InChI is InChI=1S/C16H22N2/c1-10(2)12-5-4-6-13-14(11(3)18-15(12)13)16(9-17)7-8-16/h4-6,10,18H,7-9,17H2,1-3H3. The second-order valence-electron chi connectivity index (χ2n) is 6.03. The van der Waals surface area contributed by atoms with E-state index in [1.807, 2.05) is 0 Å². The minimum Gasteiger partial charge on any atom is -0.358 e. The van der Waals surface area contributed by atoms with Crippen molar-refractivity contribution in [2.24, 2.45) is 5.73 Å². The Kier molecular flexibility index (Phi) is 2.53. The molecule has 2 aromatic rings. The van der Waals surface area contributed by atoms with Gasteiger partial charge in [-0.05, 0) is 36.8 Å². The lowest BCUT2D eigenvalue weighted by atomic mass is 9.91. The van der Waals surface area contributed by atoms with Crippen LogP contribution in [0.15, 0.2) is 18.2 Å². The van der Waals surface area contributed by atoms with E-state index in [4.69, 9.17) is 5.73 Å². The van der Waals surface area contributed by atoms with Gasteiger partial charge in [0.15, 0.2) is 0 Å². The largest absolute Gasteiger partial charge is 0.358 e. The second kappa shape index (κ2) is 3.86. The van der Waals surface area contributed by atoms with Crippen molar-refractivity contribution in [3.05, 3.63) is 35.0 Å². The van der Waals surface area contributed by atoms with E-state index in [0.717, 1.165) is 6.54 Å². The van der Waals surface area contributed by atoms with Crippen LogP contribution in [0.4, 0.5) is 0 Å². The molecular weight excluding hydrogens is 220 g/mol. The summed E-state index contributed by atoms with van der Waals surface area (Å²) < 4.78 is 0. The molecule has 3 N–H and O–H groups in total. The first-order chi connectivity index (χ1) is 8.59. The smallest absolute Gasteiger partial charge is 0.0494 e. The molecule has 2 nitrogen and oxygen atoms in total. The van der Waals surface area contributed by atoms with Gasteiger partial charge in [-0.3, -0.25) is 0 Å². The number of para-hydroxylation sites is 1. The number of nitrogens with one attached hydrogen (secondary N) is 1. The molecular formula is C16H22N2. The molecule has 0 amide bonds. The zero-order chi connectivity index (χ0) is 12.9. The fraction of sp³-hybridized carbons (Fsp3) is 0.500. The SMILES string of the molecule is Cc1[nH]c2c(C(C)C)cccc2c1C1(CN)CC1. The molecule has 1 heterocycles. The molecule has 0 bridgehead atoms. The zero-order valence-electron chi connectivity index (χ0n) is 11.5. The Morgan fingerprint density at radius 1 is 1.33 bits per heavy atom. The predicted octanol–water partition coefficient (Wildman–Crippen LogP) is 3.59. The van der Waals surface area contributed by atoms with Crippen LogP contribution in [-0.2, 0) is 5.41 Å². The van der Waals surface area contributed by atoms with Crippen molar-refractivity contribution < 1.29 is 0 Å². The minimum absolute atomic E-state index is 0.262. The molecule has 1 aliphatic carbocycles. The quantitative estimate of drug-likeness (QED) is 0.848. The van der Waals surface area contributed by atoms with Crippen LogP contribution in [0.2, 0.25) is 0 Å². The van der Waals surface area contributed by atoms with E-state index in [1.165, 1.54) is 40.6 Å². The van der Waals surface area contributed by atoms with Gasteiger partial charge in [-0.2, -0.15) is 0 Å². The average Bonchev–Trinajstić information content (AvgIpc) is 3.05. The van der Waals surface area contributed by atoms with Crippen LogP contribution < -0.4 is 5.73 Å². The topological polar surface area (TPSA) is 41.8 Å². The van der Waals surface area contributed by atoms with Gasteiger partial charge in [0.2, 0.25) is 0 Å². The molecule has 1 aromatic heterocycles. The summed E-state index contributed by atoms with van der Waals surface area (Å²) in [4.78, 5) is 3.60. The number of nitrogens with two attached hydrogens (primary N) is 1. The molecule has 1 saturated carbocycles. The number of fused-ring (bicyclic) bond motifs is 1. The number of H-pyrrole nitrogens is 1. The number of benzene rings is 1. The average molecular weight is 242 g/mol. The third-order valence-corrected chi connectivity index (χ3v) is 4.45. The summed E-state index contributed by atoms with van der Waals surface area (Å²) in [6.07, 6.45) is 2.48. The van der Waals surface area contributed by atoms with Crippen LogP contribution in [0.1, 0.15) is 49.4 Å². The van der Waals surface area contributed by atoms with Crippen molar-refractivity contribution in [1.82, 2.24) is 4.98 Å². The lowest BCUT2D eigenvalue weighted by Crippen LogP contribution is -2.20. The molecule has 2 heteroatoms. The Bertz CT molecular complexity index is 588. The van der Waals surface area contributed by atoms with E-state index in [2.05, 4.69) is 44.0 Å². The van der Waals surface area contributed by atoms with Crippen molar-refractivity contribution in [3.8, 4) is 0 Å². The molecule has 0 aliphatic heterocycles. The van der Waals surface area contributed by atoms with Crippen LogP contribution in [0.3, 0.4) is 0 Å². The number of aromatic amines is 1. The minimum atomic E-state index is 0.262. The van der Waals surface area contributed by atoms with Crippen LogP contribution in [0.5, 0.6) is 0 Å². The lowest BCUT2D eigenvalue weighted by Gasteiger charge is -2.13. The number of aryl methyl sites for hydroxylation is 1. The van der Waals surface area contributed by atoms with Crippen molar-refractivity contribution >= 4 is 10.9 Å².